The van der Waals surface area contributed by atoms with Gasteiger partial charge in [0.25, 0.3) is 0 Å². The van der Waals surface area contributed by atoms with Gasteiger partial charge in [0.2, 0.25) is 5.91 Å². The molecule has 2 fully saturated rings. The van der Waals surface area contributed by atoms with Gasteiger partial charge in [0.1, 0.15) is 0 Å². The number of amides is 1. The molecule has 7 nitrogen and oxygen atoms in total. The summed E-state index contributed by atoms with van der Waals surface area (Å²) in [5, 5.41) is 14.2. The highest BCUT2D eigenvalue weighted by Gasteiger charge is 2.25. The molecule has 3 aromatic rings. The summed E-state index contributed by atoms with van der Waals surface area (Å²) in [6.07, 6.45) is 9.02. The third-order valence-corrected chi connectivity index (χ3v) is 7.71. The lowest BCUT2D eigenvalue weighted by Gasteiger charge is -2.29. The average molecular weight is 454 g/mol. The summed E-state index contributed by atoms with van der Waals surface area (Å²) < 4.78 is 8.04. The number of nitrogens with one attached hydrogen (secondary N) is 2. The van der Waals surface area contributed by atoms with E-state index in [1.807, 2.05) is 18.3 Å². The molecular formula is C24H31N5O2S. The molecule has 170 valence electrons. The number of aromatic amines is 1. The maximum absolute atomic E-state index is 12.7. The summed E-state index contributed by atoms with van der Waals surface area (Å²) in [7, 11) is 0. The van der Waals surface area contributed by atoms with E-state index >= 15 is 0 Å². The lowest BCUT2D eigenvalue weighted by atomic mass is 9.86. The third-order valence-electron chi connectivity index (χ3n) is 6.75. The largest absolute Gasteiger partial charge is 0.376 e. The Morgan fingerprint density at radius 1 is 1.22 bits per heavy atom. The number of ether oxygens (including phenoxy) is 1. The molecule has 0 bridgehead atoms. The maximum atomic E-state index is 12.7. The number of H-pyrrole nitrogens is 1. The van der Waals surface area contributed by atoms with E-state index in [1.54, 1.807) is 0 Å². The molecule has 1 aliphatic heterocycles. The molecule has 3 atom stereocenters. The molecule has 8 heteroatoms. The van der Waals surface area contributed by atoms with Crippen molar-refractivity contribution < 1.29 is 9.53 Å². The van der Waals surface area contributed by atoms with Gasteiger partial charge < -0.3 is 15.0 Å². The topological polar surface area (TPSA) is 84.8 Å². The van der Waals surface area contributed by atoms with Crippen LogP contribution in [0.25, 0.3) is 22.3 Å². The van der Waals surface area contributed by atoms with Crippen LogP contribution in [0.4, 0.5) is 0 Å². The van der Waals surface area contributed by atoms with Crippen LogP contribution in [0.2, 0.25) is 0 Å². The van der Waals surface area contributed by atoms with Crippen molar-refractivity contribution in [3.63, 3.8) is 0 Å². The van der Waals surface area contributed by atoms with E-state index < -0.39 is 0 Å². The molecule has 0 spiro atoms. The van der Waals surface area contributed by atoms with Crippen LogP contribution < -0.4 is 5.32 Å². The molecule has 3 unspecified atom stereocenters. The Morgan fingerprint density at radius 3 is 2.94 bits per heavy atom. The highest BCUT2D eigenvalue weighted by Crippen LogP contribution is 2.31. The zero-order valence-electron chi connectivity index (χ0n) is 18.5. The SMILES string of the molecule is CC1CCCCC1NC(=O)CSc1nnc(-c2c[nH]c3ccccc23)n1CC1CCCO1. The number of carbonyl (C=O) groups excluding carboxylic acids is 1. The van der Waals surface area contributed by atoms with Crippen molar-refractivity contribution in [1.29, 1.82) is 0 Å². The highest BCUT2D eigenvalue weighted by molar-refractivity contribution is 7.99. The van der Waals surface area contributed by atoms with Crippen molar-refractivity contribution in [2.75, 3.05) is 12.4 Å². The van der Waals surface area contributed by atoms with Crippen molar-refractivity contribution in [1.82, 2.24) is 25.1 Å². The molecule has 5 rings (SSSR count). The number of carbonyl (C=O) groups is 1. The molecule has 1 aliphatic carbocycles. The lowest BCUT2D eigenvalue weighted by molar-refractivity contribution is -0.119. The summed E-state index contributed by atoms with van der Waals surface area (Å²) in [5.74, 6) is 1.80. The van der Waals surface area contributed by atoms with E-state index in [9.17, 15) is 4.79 Å². The fraction of sp³-hybridized carbons (Fsp3) is 0.542. The van der Waals surface area contributed by atoms with Gasteiger partial charge in [0, 0.05) is 35.3 Å². The summed E-state index contributed by atoms with van der Waals surface area (Å²) >= 11 is 1.46. The summed E-state index contributed by atoms with van der Waals surface area (Å²) in [4.78, 5) is 16.0. The van der Waals surface area contributed by atoms with Gasteiger partial charge in [-0.25, -0.2) is 0 Å². The zero-order valence-corrected chi connectivity index (χ0v) is 19.4. The molecule has 1 amide bonds. The van der Waals surface area contributed by atoms with E-state index in [1.165, 1.54) is 31.0 Å². The van der Waals surface area contributed by atoms with Gasteiger partial charge in [0.15, 0.2) is 11.0 Å². The monoisotopic (exact) mass is 453 g/mol. The normalized spacial score (nSPS) is 23.6. The van der Waals surface area contributed by atoms with Crippen molar-refractivity contribution in [2.24, 2.45) is 5.92 Å². The second-order valence-corrected chi connectivity index (χ2v) is 9.97. The Balaban J connectivity index is 1.35. The molecular weight excluding hydrogens is 422 g/mol. The van der Waals surface area contributed by atoms with E-state index in [-0.39, 0.29) is 12.0 Å². The van der Waals surface area contributed by atoms with E-state index in [2.05, 4.69) is 44.1 Å². The number of benzene rings is 1. The maximum Gasteiger partial charge on any atom is 0.230 e. The first-order chi connectivity index (χ1) is 15.7. The molecule has 3 heterocycles. The Labute approximate surface area is 192 Å². The first-order valence-corrected chi connectivity index (χ1v) is 12.7. The predicted octanol–water partition coefficient (Wildman–Crippen LogP) is 4.39. The fourth-order valence-electron chi connectivity index (χ4n) is 4.92. The number of para-hydroxylation sites is 1. The quantitative estimate of drug-likeness (QED) is 0.518. The van der Waals surface area contributed by atoms with Crippen LogP contribution in [0.15, 0.2) is 35.6 Å². The van der Waals surface area contributed by atoms with Gasteiger partial charge in [-0.05, 0) is 37.7 Å². The first kappa shape index (κ1) is 21.5. The molecule has 2 aliphatic rings. The van der Waals surface area contributed by atoms with Crippen LogP contribution in [0.5, 0.6) is 0 Å². The van der Waals surface area contributed by atoms with Gasteiger partial charge >= 0.3 is 0 Å². The standard InChI is InChI=1S/C24H31N5O2S/c1-16-7-2-4-10-20(16)26-22(30)15-32-24-28-27-23(29(24)14-17-8-6-12-31-17)19-13-25-21-11-5-3-9-18(19)21/h3,5,9,11,13,16-17,20,25H,2,4,6-8,10,12,14-15H2,1H3,(H,26,30). The number of thioether (sulfide) groups is 1. The Hall–Kier alpha value is -2.32. The second kappa shape index (κ2) is 9.67. The minimum atomic E-state index is 0.0778. The predicted molar refractivity (Wildman–Crippen MR) is 127 cm³/mol. The summed E-state index contributed by atoms with van der Waals surface area (Å²) in [5.41, 5.74) is 2.10. The van der Waals surface area contributed by atoms with Gasteiger partial charge in [-0.2, -0.15) is 0 Å². The number of hydrogen-bond acceptors (Lipinski definition) is 5. The summed E-state index contributed by atoms with van der Waals surface area (Å²) in [6.45, 7) is 3.74. The molecule has 0 radical (unpaired) electrons. The van der Waals surface area contributed by atoms with Crippen molar-refractivity contribution in [3.05, 3.63) is 30.5 Å². The second-order valence-electron chi connectivity index (χ2n) is 9.02. The highest BCUT2D eigenvalue weighted by atomic mass is 32.2. The Morgan fingerprint density at radius 2 is 2.09 bits per heavy atom. The van der Waals surface area contributed by atoms with Gasteiger partial charge in [-0.15, -0.1) is 10.2 Å². The third kappa shape index (κ3) is 4.57. The number of aromatic nitrogens is 4. The Bertz CT molecular complexity index is 1070. The van der Waals surface area contributed by atoms with E-state index in [0.717, 1.165) is 53.3 Å². The minimum absolute atomic E-state index is 0.0778. The van der Waals surface area contributed by atoms with E-state index in [4.69, 9.17) is 4.74 Å². The molecule has 1 saturated heterocycles. The molecule has 1 saturated carbocycles. The van der Waals surface area contributed by atoms with Gasteiger partial charge in [0.05, 0.1) is 18.4 Å². The van der Waals surface area contributed by atoms with Crippen LogP contribution in [-0.2, 0) is 16.1 Å². The fourth-order valence-corrected chi connectivity index (χ4v) is 5.68. The molecule has 2 N–H and O–H groups in total. The molecule has 2 aromatic heterocycles. The summed E-state index contributed by atoms with van der Waals surface area (Å²) in [6, 6.07) is 8.51. The number of rotatable bonds is 7. The lowest BCUT2D eigenvalue weighted by Crippen LogP contribution is -2.41. The van der Waals surface area contributed by atoms with Gasteiger partial charge in [-0.1, -0.05) is 49.7 Å². The number of hydrogen-bond donors (Lipinski definition) is 2. The van der Waals surface area contributed by atoms with Crippen LogP contribution in [0, 0.1) is 5.92 Å². The van der Waals surface area contributed by atoms with Crippen LogP contribution >= 0.6 is 11.8 Å². The van der Waals surface area contributed by atoms with Crippen LogP contribution in [-0.4, -0.2) is 50.2 Å². The number of nitrogens with zero attached hydrogens (tertiary/aromatic N) is 3. The van der Waals surface area contributed by atoms with Crippen molar-refractivity contribution in [3.8, 4) is 11.4 Å². The average Bonchev–Trinajstić information content (AvgIpc) is 3.54. The van der Waals surface area contributed by atoms with Crippen molar-refractivity contribution >= 4 is 28.6 Å². The van der Waals surface area contributed by atoms with Gasteiger partial charge in [-0.3, -0.25) is 9.36 Å². The van der Waals surface area contributed by atoms with Crippen LogP contribution in [0.1, 0.15) is 45.4 Å². The number of fused-ring (bicyclic) bond motifs is 1. The van der Waals surface area contributed by atoms with Crippen LogP contribution in [0.3, 0.4) is 0 Å². The van der Waals surface area contributed by atoms with E-state index in [0.29, 0.717) is 24.3 Å². The smallest absolute Gasteiger partial charge is 0.230 e. The molecule has 32 heavy (non-hydrogen) atoms. The first-order valence-electron chi connectivity index (χ1n) is 11.7. The molecule has 1 aromatic carbocycles. The van der Waals surface area contributed by atoms with Crippen molar-refractivity contribution in [2.45, 2.75) is 69.3 Å². The zero-order chi connectivity index (χ0) is 21.9. The minimum Gasteiger partial charge on any atom is -0.376 e. The Kier molecular flexibility index (Phi) is 6.50.